The lowest BCUT2D eigenvalue weighted by Gasteiger charge is -2.37. The zero-order valence-corrected chi connectivity index (χ0v) is 15.9. The Morgan fingerprint density at radius 3 is 2.67 bits per heavy atom. The molecule has 3 heterocycles. The van der Waals surface area contributed by atoms with Crippen molar-refractivity contribution in [2.24, 2.45) is 5.92 Å². The van der Waals surface area contributed by atoms with Crippen molar-refractivity contribution >= 4 is 5.91 Å². The van der Waals surface area contributed by atoms with Crippen LogP contribution in [0.4, 0.5) is 0 Å². The molecule has 4 rings (SSSR count). The van der Waals surface area contributed by atoms with Gasteiger partial charge in [-0.3, -0.25) is 9.48 Å². The number of aryl methyl sites for hydroxylation is 1. The molecule has 27 heavy (non-hydrogen) atoms. The third-order valence-electron chi connectivity index (χ3n) is 5.01. The fourth-order valence-corrected chi connectivity index (χ4v) is 3.73. The molecule has 0 fully saturated rings. The van der Waals surface area contributed by atoms with Gasteiger partial charge in [0.15, 0.2) is 11.6 Å². The van der Waals surface area contributed by atoms with Gasteiger partial charge in [0.25, 0.3) is 5.91 Å². The number of amides is 1. The van der Waals surface area contributed by atoms with E-state index >= 15 is 0 Å². The first kappa shape index (κ1) is 17.5. The Balaban J connectivity index is 1.71. The molecule has 1 aliphatic heterocycles. The first-order valence-electron chi connectivity index (χ1n) is 9.43. The van der Waals surface area contributed by atoms with Crippen molar-refractivity contribution in [2.45, 2.75) is 39.9 Å². The Hall–Kier alpha value is -2.96. The second-order valence-corrected chi connectivity index (χ2v) is 7.10. The van der Waals surface area contributed by atoms with Crippen LogP contribution in [0.15, 0.2) is 42.6 Å². The predicted molar refractivity (Wildman–Crippen MR) is 102 cm³/mol. The molecule has 7 heteroatoms. The van der Waals surface area contributed by atoms with Crippen molar-refractivity contribution in [1.29, 1.82) is 0 Å². The molecule has 1 aliphatic rings. The molecule has 7 nitrogen and oxygen atoms in total. The minimum absolute atomic E-state index is 0.00330. The summed E-state index contributed by atoms with van der Waals surface area (Å²) in [4.78, 5) is 20.0. The fourth-order valence-electron chi connectivity index (χ4n) is 3.73. The van der Waals surface area contributed by atoms with Crippen molar-refractivity contribution in [1.82, 2.24) is 29.4 Å². The molecule has 1 atom stereocenters. The first-order chi connectivity index (χ1) is 13.1. The molecule has 0 saturated heterocycles. The highest BCUT2D eigenvalue weighted by Gasteiger charge is 2.37. The number of hydrogen-bond acceptors (Lipinski definition) is 4. The third kappa shape index (κ3) is 3.03. The van der Waals surface area contributed by atoms with E-state index in [1.807, 2.05) is 46.8 Å². The molecular formula is C20H24N6O. The van der Waals surface area contributed by atoms with Crippen LogP contribution < -0.4 is 0 Å². The van der Waals surface area contributed by atoms with Gasteiger partial charge in [0.05, 0.1) is 12.6 Å². The van der Waals surface area contributed by atoms with Crippen LogP contribution in [0, 0.1) is 5.92 Å². The van der Waals surface area contributed by atoms with Crippen LogP contribution in [0.3, 0.4) is 0 Å². The van der Waals surface area contributed by atoms with E-state index < -0.39 is 0 Å². The summed E-state index contributed by atoms with van der Waals surface area (Å²) < 4.78 is 3.70. The minimum Gasteiger partial charge on any atom is -0.325 e. The number of hydrogen-bond donors (Lipinski definition) is 0. The number of nitrogens with zero attached hydrogens (tertiary/aromatic N) is 6. The van der Waals surface area contributed by atoms with Crippen LogP contribution in [0.25, 0.3) is 11.4 Å². The Kier molecular flexibility index (Phi) is 4.51. The van der Waals surface area contributed by atoms with Gasteiger partial charge in [-0.1, -0.05) is 44.2 Å². The number of aromatic nitrogens is 5. The van der Waals surface area contributed by atoms with Crippen LogP contribution in [0.1, 0.15) is 43.1 Å². The smallest absolute Gasteiger partial charge is 0.272 e. The number of carbonyl (C=O) groups is 1. The monoisotopic (exact) mass is 364 g/mol. The highest BCUT2D eigenvalue weighted by Crippen LogP contribution is 2.33. The standard InChI is InChI=1S/C20H24N6O/c1-4-25-16(10-11-21-25)20(27)24-12-13-26-19(17(24)14(2)3)22-18(23-26)15-8-6-5-7-9-15/h5-11,14,17H,4,12-13H2,1-3H3/t17-/m0/s1. The molecule has 3 aromatic rings. The van der Waals surface area contributed by atoms with E-state index in [1.165, 1.54) is 0 Å². The minimum atomic E-state index is -0.114. The summed E-state index contributed by atoms with van der Waals surface area (Å²) in [5.41, 5.74) is 1.61. The quantitative estimate of drug-likeness (QED) is 0.714. The van der Waals surface area contributed by atoms with E-state index in [4.69, 9.17) is 10.1 Å². The molecule has 1 amide bonds. The van der Waals surface area contributed by atoms with Gasteiger partial charge in [-0.25, -0.2) is 9.67 Å². The van der Waals surface area contributed by atoms with Gasteiger partial charge >= 0.3 is 0 Å². The van der Waals surface area contributed by atoms with Crippen molar-refractivity contribution in [2.75, 3.05) is 6.54 Å². The van der Waals surface area contributed by atoms with Crippen molar-refractivity contribution in [3.63, 3.8) is 0 Å². The van der Waals surface area contributed by atoms with E-state index in [0.717, 1.165) is 11.4 Å². The summed E-state index contributed by atoms with van der Waals surface area (Å²) in [5.74, 6) is 1.79. The van der Waals surface area contributed by atoms with Gasteiger partial charge < -0.3 is 4.90 Å². The molecule has 0 saturated carbocycles. The van der Waals surface area contributed by atoms with Gasteiger partial charge in [-0.15, -0.1) is 0 Å². The summed E-state index contributed by atoms with van der Waals surface area (Å²) in [5, 5.41) is 8.94. The lowest BCUT2D eigenvalue weighted by molar-refractivity contribution is 0.0524. The fraction of sp³-hybridized carbons (Fsp3) is 0.400. The zero-order valence-electron chi connectivity index (χ0n) is 15.9. The third-order valence-corrected chi connectivity index (χ3v) is 5.01. The van der Waals surface area contributed by atoms with Gasteiger partial charge in [0.1, 0.15) is 5.69 Å². The Morgan fingerprint density at radius 2 is 1.96 bits per heavy atom. The normalized spacial score (nSPS) is 16.6. The van der Waals surface area contributed by atoms with E-state index in [-0.39, 0.29) is 17.9 Å². The number of carbonyl (C=O) groups excluding carboxylic acids is 1. The molecule has 1 aromatic carbocycles. The van der Waals surface area contributed by atoms with Crippen LogP contribution in [-0.4, -0.2) is 41.9 Å². The number of benzene rings is 1. The van der Waals surface area contributed by atoms with Crippen LogP contribution in [0.5, 0.6) is 0 Å². The van der Waals surface area contributed by atoms with Gasteiger partial charge in [0.2, 0.25) is 0 Å². The SMILES string of the molecule is CCn1nccc1C(=O)N1CCn2nc(-c3ccccc3)nc2[C@@H]1C(C)C. The molecule has 140 valence electrons. The average Bonchev–Trinajstić information content (AvgIpc) is 3.33. The predicted octanol–water partition coefficient (Wildman–Crippen LogP) is 3.01. The van der Waals surface area contributed by atoms with E-state index in [9.17, 15) is 4.79 Å². The van der Waals surface area contributed by atoms with Crippen molar-refractivity contribution < 1.29 is 4.79 Å². The van der Waals surface area contributed by atoms with Crippen molar-refractivity contribution in [3.8, 4) is 11.4 Å². The maximum atomic E-state index is 13.2. The second kappa shape index (κ2) is 6.98. The van der Waals surface area contributed by atoms with Gasteiger partial charge in [0, 0.05) is 24.8 Å². The molecule has 0 spiro atoms. The lowest BCUT2D eigenvalue weighted by Crippen LogP contribution is -2.45. The Labute approximate surface area is 158 Å². The highest BCUT2D eigenvalue weighted by molar-refractivity contribution is 5.92. The van der Waals surface area contributed by atoms with Crippen LogP contribution in [-0.2, 0) is 13.1 Å². The lowest BCUT2D eigenvalue weighted by atomic mass is 9.99. The summed E-state index contributed by atoms with van der Waals surface area (Å²) >= 11 is 0. The largest absolute Gasteiger partial charge is 0.325 e. The molecule has 0 N–H and O–H groups in total. The number of fused-ring (bicyclic) bond motifs is 1. The van der Waals surface area contributed by atoms with E-state index in [1.54, 1.807) is 16.9 Å². The Morgan fingerprint density at radius 1 is 1.19 bits per heavy atom. The van der Waals surface area contributed by atoms with Crippen LogP contribution >= 0.6 is 0 Å². The highest BCUT2D eigenvalue weighted by atomic mass is 16.2. The summed E-state index contributed by atoms with van der Waals surface area (Å²) in [6, 6.07) is 11.6. The number of rotatable bonds is 4. The zero-order chi connectivity index (χ0) is 19.0. The Bertz CT molecular complexity index is 943. The van der Waals surface area contributed by atoms with Crippen LogP contribution in [0.2, 0.25) is 0 Å². The topological polar surface area (TPSA) is 68.8 Å². The molecule has 2 aromatic heterocycles. The maximum Gasteiger partial charge on any atom is 0.272 e. The molecule has 0 bridgehead atoms. The summed E-state index contributed by atoms with van der Waals surface area (Å²) in [7, 11) is 0. The van der Waals surface area contributed by atoms with Gasteiger partial charge in [-0.05, 0) is 18.9 Å². The van der Waals surface area contributed by atoms with Crippen molar-refractivity contribution in [3.05, 3.63) is 54.1 Å². The second-order valence-electron chi connectivity index (χ2n) is 7.10. The molecule has 0 aliphatic carbocycles. The molecular weight excluding hydrogens is 340 g/mol. The maximum absolute atomic E-state index is 13.2. The van der Waals surface area contributed by atoms with Gasteiger partial charge in [-0.2, -0.15) is 10.2 Å². The molecule has 0 radical (unpaired) electrons. The van der Waals surface area contributed by atoms with E-state index in [0.29, 0.717) is 31.2 Å². The summed E-state index contributed by atoms with van der Waals surface area (Å²) in [6.07, 6.45) is 1.68. The first-order valence-corrected chi connectivity index (χ1v) is 9.43. The molecule has 0 unspecified atom stereocenters. The van der Waals surface area contributed by atoms with E-state index in [2.05, 4.69) is 18.9 Å². The average molecular weight is 364 g/mol. The summed E-state index contributed by atoms with van der Waals surface area (Å²) in [6.45, 7) is 8.15.